The molecule has 4 aromatic rings. The Morgan fingerprint density at radius 1 is 1.10 bits per heavy atom. The third-order valence-corrected chi connectivity index (χ3v) is 5.00. The molecule has 0 atom stereocenters. The van der Waals surface area contributed by atoms with Crippen molar-refractivity contribution in [3.05, 3.63) is 88.8 Å². The van der Waals surface area contributed by atoms with Gasteiger partial charge in [0, 0.05) is 44.9 Å². The molecular weight excluding hydrogens is 398 g/mol. The van der Waals surface area contributed by atoms with Crippen molar-refractivity contribution in [3.63, 3.8) is 0 Å². The number of nitrogens with zero attached hydrogens (tertiary/aromatic N) is 3. The van der Waals surface area contributed by atoms with E-state index in [4.69, 9.17) is 11.6 Å². The predicted octanol–water partition coefficient (Wildman–Crippen LogP) is 5.45. The summed E-state index contributed by atoms with van der Waals surface area (Å²) in [5, 5.41) is 8.39. The summed E-state index contributed by atoms with van der Waals surface area (Å²) in [5.74, 6) is 0. The van der Waals surface area contributed by atoms with Crippen molar-refractivity contribution in [1.82, 2.24) is 15.0 Å². The van der Waals surface area contributed by atoms with Gasteiger partial charge in [0.2, 0.25) is 0 Å². The van der Waals surface area contributed by atoms with E-state index in [-0.39, 0.29) is 0 Å². The van der Waals surface area contributed by atoms with Crippen molar-refractivity contribution in [2.45, 2.75) is 13.8 Å². The van der Waals surface area contributed by atoms with E-state index in [0.717, 1.165) is 33.5 Å². The van der Waals surface area contributed by atoms with Crippen LogP contribution in [0.4, 0.5) is 10.5 Å². The quantitative estimate of drug-likeness (QED) is 0.342. The van der Waals surface area contributed by atoms with E-state index in [2.05, 4.69) is 31.5 Å². The van der Waals surface area contributed by atoms with Crippen LogP contribution in [0.15, 0.2) is 72.0 Å². The second kappa shape index (κ2) is 8.39. The first-order valence-electron chi connectivity index (χ1n) is 9.41. The van der Waals surface area contributed by atoms with Gasteiger partial charge in [-0.3, -0.25) is 4.98 Å². The van der Waals surface area contributed by atoms with Crippen molar-refractivity contribution in [2.75, 3.05) is 5.32 Å². The molecule has 0 aliphatic carbocycles. The largest absolute Gasteiger partial charge is 0.339 e. The van der Waals surface area contributed by atoms with Crippen LogP contribution < -0.4 is 10.7 Å². The zero-order chi connectivity index (χ0) is 21.1. The molecule has 2 aromatic carbocycles. The van der Waals surface area contributed by atoms with Crippen LogP contribution in [0.1, 0.15) is 17.0 Å². The number of benzene rings is 2. The van der Waals surface area contributed by atoms with Gasteiger partial charge in [-0.2, -0.15) is 5.10 Å². The third-order valence-electron chi connectivity index (χ3n) is 4.77. The molecule has 150 valence electrons. The van der Waals surface area contributed by atoms with Gasteiger partial charge in [-0.15, -0.1) is 0 Å². The van der Waals surface area contributed by atoms with Gasteiger partial charge in [0.15, 0.2) is 0 Å². The number of aromatic nitrogens is 2. The highest BCUT2D eigenvalue weighted by Crippen LogP contribution is 2.23. The molecule has 0 saturated heterocycles. The first-order valence-corrected chi connectivity index (χ1v) is 9.79. The molecule has 0 spiro atoms. The number of nitrogens with one attached hydrogen (secondary N) is 2. The summed E-state index contributed by atoms with van der Waals surface area (Å²) in [6, 6.07) is 18.7. The number of carbonyl (C=O) groups excluding carboxylic acids is 1. The summed E-state index contributed by atoms with van der Waals surface area (Å²) >= 11 is 5.92. The Morgan fingerprint density at radius 3 is 2.80 bits per heavy atom. The van der Waals surface area contributed by atoms with Gasteiger partial charge < -0.3 is 9.88 Å². The zero-order valence-electron chi connectivity index (χ0n) is 16.6. The van der Waals surface area contributed by atoms with E-state index >= 15 is 0 Å². The van der Waals surface area contributed by atoms with Crippen molar-refractivity contribution in [2.24, 2.45) is 5.10 Å². The molecule has 0 unspecified atom stereocenters. The zero-order valence-corrected chi connectivity index (χ0v) is 17.3. The van der Waals surface area contributed by atoms with E-state index in [1.54, 1.807) is 36.7 Å². The van der Waals surface area contributed by atoms with E-state index in [9.17, 15) is 4.79 Å². The molecule has 6 nitrogen and oxygen atoms in total. The molecule has 0 radical (unpaired) electrons. The molecule has 2 aromatic heterocycles. The van der Waals surface area contributed by atoms with Crippen LogP contribution >= 0.6 is 11.6 Å². The van der Waals surface area contributed by atoms with Crippen LogP contribution in [-0.4, -0.2) is 21.8 Å². The van der Waals surface area contributed by atoms with Crippen LogP contribution in [0, 0.1) is 13.8 Å². The monoisotopic (exact) mass is 417 g/mol. The van der Waals surface area contributed by atoms with E-state index < -0.39 is 6.03 Å². The van der Waals surface area contributed by atoms with Gasteiger partial charge in [-0.1, -0.05) is 23.7 Å². The van der Waals surface area contributed by atoms with Crippen molar-refractivity contribution in [1.29, 1.82) is 0 Å². The molecule has 0 aliphatic rings. The Morgan fingerprint density at radius 2 is 1.97 bits per heavy atom. The third kappa shape index (κ3) is 4.18. The first-order chi connectivity index (χ1) is 14.5. The number of rotatable bonds is 4. The average Bonchev–Trinajstić information content (AvgIpc) is 3.01. The molecule has 2 N–H and O–H groups in total. The lowest BCUT2D eigenvalue weighted by Crippen LogP contribution is -2.24. The van der Waals surface area contributed by atoms with Crippen molar-refractivity contribution >= 4 is 40.4 Å². The highest BCUT2D eigenvalue weighted by atomic mass is 35.5. The number of aryl methyl sites for hydroxylation is 1. The second-order valence-corrected chi connectivity index (χ2v) is 7.31. The first kappa shape index (κ1) is 19.7. The fourth-order valence-electron chi connectivity index (χ4n) is 3.40. The van der Waals surface area contributed by atoms with Crippen LogP contribution in [0.2, 0.25) is 5.02 Å². The molecule has 30 heavy (non-hydrogen) atoms. The summed E-state index contributed by atoms with van der Waals surface area (Å²) in [6.45, 7) is 4.06. The van der Waals surface area contributed by atoms with Gasteiger partial charge in [0.1, 0.15) is 0 Å². The standard InChI is InChI=1S/C23H20ClN5O/c1-15-11-18(14-26-28-23(30)27-20-7-3-6-19(24)13-20)16(2)29(15)21-8-9-22-17(12-21)5-4-10-25-22/h3-14H,1-2H3,(H2,27,28,30)/b26-14+. The average molecular weight is 418 g/mol. The summed E-state index contributed by atoms with van der Waals surface area (Å²) in [7, 11) is 0. The maximum Gasteiger partial charge on any atom is 0.339 e. The Balaban J connectivity index is 1.50. The van der Waals surface area contributed by atoms with Gasteiger partial charge >= 0.3 is 6.03 Å². The second-order valence-electron chi connectivity index (χ2n) is 6.88. The fourth-order valence-corrected chi connectivity index (χ4v) is 3.59. The lowest BCUT2D eigenvalue weighted by atomic mass is 10.2. The minimum atomic E-state index is -0.440. The van der Waals surface area contributed by atoms with E-state index in [0.29, 0.717) is 10.7 Å². The van der Waals surface area contributed by atoms with Crippen molar-refractivity contribution in [3.8, 4) is 5.69 Å². The molecule has 2 amide bonds. The molecule has 4 rings (SSSR count). The Kier molecular flexibility index (Phi) is 5.50. The number of hydrazone groups is 1. The number of hydrogen-bond acceptors (Lipinski definition) is 3. The lowest BCUT2D eigenvalue weighted by molar-refractivity contribution is 0.252. The number of urea groups is 1. The minimum Gasteiger partial charge on any atom is -0.318 e. The number of anilines is 1. The normalized spacial score (nSPS) is 11.2. The number of halogens is 1. The van der Waals surface area contributed by atoms with Gasteiger partial charge in [0.25, 0.3) is 0 Å². The summed E-state index contributed by atoms with van der Waals surface area (Å²) < 4.78 is 2.15. The molecule has 0 saturated carbocycles. The Bertz CT molecular complexity index is 1260. The molecule has 0 bridgehead atoms. The number of hydrogen-bond donors (Lipinski definition) is 2. The summed E-state index contributed by atoms with van der Waals surface area (Å²) in [5.41, 5.74) is 8.10. The van der Waals surface area contributed by atoms with E-state index in [1.807, 2.05) is 44.2 Å². The maximum absolute atomic E-state index is 12.0. The van der Waals surface area contributed by atoms with Crippen molar-refractivity contribution < 1.29 is 4.79 Å². The summed E-state index contributed by atoms with van der Waals surface area (Å²) in [4.78, 5) is 16.4. The van der Waals surface area contributed by atoms with Crippen LogP contribution in [0.25, 0.3) is 16.6 Å². The topological polar surface area (TPSA) is 71.3 Å². The lowest BCUT2D eigenvalue weighted by Gasteiger charge is -2.10. The van der Waals surface area contributed by atoms with Crippen LogP contribution in [-0.2, 0) is 0 Å². The smallest absolute Gasteiger partial charge is 0.318 e. The van der Waals surface area contributed by atoms with Gasteiger partial charge in [0.05, 0.1) is 11.7 Å². The molecular formula is C23H20ClN5O. The van der Waals surface area contributed by atoms with Crippen LogP contribution in [0.5, 0.6) is 0 Å². The molecule has 2 heterocycles. The molecule has 0 aliphatic heterocycles. The Hall–Kier alpha value is -3.64. The number of fused-ring (bicyclic) bond motifs is 1. The Labute approximate surface area is 179 Å². The molecule has 0 fully saturated rings. The molecule has 7 heteroatoms. The van der Waals surface area contributed by atoms with E-state index in [1.165, 1.54) is 0 Å². The number of pyridine rings is 1. The van der Waals surface area contributed by atoms with Crippen LogP contribution in [0.3, 0.4) is 0 Å². The predicted molar refractivity (Wildman–Crippen MR) is 122 cm³/mol. The minimum absolute atomic E-state index is 0.440. The number of carbonyl (C=O) groups is 1. The van der Waals surface area contributed by atoms with Gasteiger partial charge in [-0.05, 0) is 62.4 Å². The SMILES string of the molecule is Cc1cc(/C=N/NC(=O)Nc2cccc(Cl)c2)c(C)n1-c1ccc2ncccc2c1. The highest BCUT2D eigenvalue weighted by Gasteiger charge is 2.10. The number of amides is 2. The fraction of sp³-hybridized carbons (Fsp3) is 0.0870. The summed E-state index contributed by atoms with van der Waals surface area (Å²) in [6.07, 6.45) is 3.43. The highest BCUT2D eigenvalue weighted by molar-refractivity contribution is 6.30. The van der Waals surface area contributed by atoms with Gasteiger partial charge in [-0.25, -0.2) is 10.2 Å². The maximum atomic E-state index is 12.0.